The van der Waals surface area contributed by atoms with Gasteiger partial charge in [0.15, 0.2) is 0 Å². The smallest absolute Gasteiger partial charge is 0.302 e. The van der Waals surface area contributed by atoms with E-state index in [-0.39, 0.29) is 17.5 Å². The number of hydrogen-bond donors (Lipinski definition) is 0. The summed E-state index contributed by atoms with van der Waals surface area (Å²) in [6, 6.07) is 0. The van der Waals surface area contributed by atoms with Crippen LogP contribution in [0, 0.1) is 0 Å². The van der Waals surface area contributed by atoms with Crippen LogP contribution in [0.5, 0.6) is 0 Å². The van der Waals surface area contributed by atoms with Gasteiger partial charge < -0.3 is 4.74 Å². The molecule has 66 valence electrons. The van der Waals surface area contributed by atoms with Crippen LogP contribution in [-0.4, -0.2) is 17.5 Å². The molecule has 0 aromatic carbocycles. The van der Waals surface area contributed by atoms with Crippen molar-refractivity contribution in [3.63, 3.8) is 0 Å². The first kappa shape index (κ1) is 10.8. The molecule has 11 heavy (non-hydrogen) atoms. The fourth-order valence-electron chi connectivity index (χ4n) is 0.807. The molecule has 0 amide bonds. The summed E-state index contributed by atoms with van der Waals surface area (Å²) >= 11 is 5.72. The molecule has 0 bridgehead atoms. The number of carbonyl (C=O) groups is 1. The zero-order valence-corrected chi connectivity index (χ0v) is 8.02. The lowest BCUT2D eigenvalue weighted by atomic mass is 10.2. The van der Waals surface area contributed by atoms with Gasteiger partial charge in [-0.15, -0.1) is 11.6 Å². The molecule has 0 spiro atoms. The molecule has 0 radical (unpaired) electrons. The van der Waals surface area contributed by atoms with Crippen LogP contribution in [0.4, 0.5) is 0 Å². The summed E-state index contributed by atoms with van der Waals surface area (Å²) < 4.78 is 4.90. The van der Waals surface area contributed by atoms with Gasteiger partial charge in [-0.3, -0.25) is 4.79 Å². The van der Waals surface area contributed by atoms with Gasteiger partial charge in [0, 0.05) is 12.3 Å². The van der Waals surface area contributed by atoms with Gasteiger partial charge in [0.2, 0.25) is 0 Å². The van der Waals surface area contributed by atoms with Crippen molar-refractivity contribution >= 4 is 17.6 Å². The van der Waals surface area contributed by atoms with Crippen molar-refractivity contribution in [1.29, 1.82) is 0 Å². The zero-order chi connectivity index (χ0) is 8.85. The highest BCUT2D eigenvalue weighted by molar-refractivity contribution is 6.20. The maximum absolute atomic E-state index is 10.4. The molecular formula is C8H15ClO2. The van der Waals surface area contributed by atoms with Gasteiger partial charge in [-0.25, -0.2) is 0 Å². The molecule has 2 atom stereocenters. The van der Waals surface area contributed by atoms with Crippen LogP contribution in [0.3, 0.4) is 0 Å². The molecular weight excluding hydrogens is 164 g/mol. The Balaban J connectivity index is 3.37. The Morgan fingerprint density at radius 1 is 1.45 bits per heavy atom. The van der Waals surface area contributed by atoms with E-state index in [4.69, 9.17) is 16.3 Å². The zero-order valence-electron chi connectivity index (χ0n) is 7.26. The van der Waals surface area contributed by atoms with E-state index >= 15 is 0 Å². The predicted molar refractivity (Wildman–Crippen MR) is 45.8 cm³/mol. The third kappa shape index (κ3) is 7.66. The largest absolute Gasteiger partial charge is 0.463 e. The molecule has 0 aromatic rings. The van der Waals surface area contributed by atoms with Crippen molar-refractivity contribution in [3.05, 3.63) is 0 Å². The monoisotopic (exact) mass is 178 g/mol. The molecule has 0 aliphatic carbocycles. The maximum Gasteiger partial charge on any atom is 0.302 e. The molecule has 0 aliphatic rings. The molecule has 0 aliphatic heterocycles. The van der Waals surface area contributed by atoms with E-state index in [0.717, 1.165) is 12.8 Å². The Bertz CT molecular complexity index is 123. The lowest BCUT2D eigenvalue weighted by Crippen LogP contribution is -2.13. The molecule has 0 N–H and O–H groups in total. The summed E-state index contributed by atoms with van der Waals surface area (Å²) in [5.74, 6) is -0.222. The highest BCUT2D eigenvalue weighted by Crippen LogP contribution is 2.08. The third-order valence-electron chi connectivity index (χ3n) is 1.34. The maximum atomic E-state index is 10.4. The summed E-state index contributed by atoms with van der Waals surface area (Å²) in [5, 5.41) is 0.160. The van der Waals surface area contributed by atoms with E-state index in [2.05, 4.69) is 0 Å². The van der Waals surface area contributed by atoms with Gasteiger partial charge in [0.1, 0.15) is 0 Å². The SMILES string of the molecule is CC(=O)OC(C)CCC(C)Cl. The summed E-state index contributed by atoms with van der Waals surface area (Å²) in [4.78, 5) is 10.4. The second kappa shape index (κ2) is 5.42. The first-order valence-corrected chi connectivity index (χ1v) is 4.27. The summed E-state index contributed by atoms with van der Waals surface area (Å²) in [6.45, 7) is 5.23. The second-order valence-electron chi connectivity index (χ2n) is 2.78. The average molecular weight is 179 g/mol. The summed E-state index contributed by atoms with van der Waals surface area (Å²) in [5.41, 5.74) is 0. The quantitative estimate of drug-likeness (QED) is 0.488. The van der Waals surface area contributed by atoms with Gasteiger partial charge in [0.25, 0.3) is 0 Å². The van der Waals surface area contributed by atoms with Gasteiger partial charge >= 0.3 is 5.97 Å². The summed E-state index contributed by atoms with van der Waals surface area (Å²) in [7, 11) is 0. The number of ether oxygens (including phenoxy) is 1. The first-order valence-electron chi connectivity index (χ1n) is 3.83. The minimum atomic E-state index is -0.222. The Hall–Kier alpha value is -0.240. The molecule has 0 aromatic heterocycles. The highest BCUT2D eigenvalue weighted by atomic mass is 35.5. The first-order chi connectivity index (χ1) is 5.02. The third-order valence-corrected chi connectivity index (χ3v) is 1.56. The van der Waals surface area contributed by atoms with Crippen molar-refractivity contribution in [1.82, 2.24) is 0 Å². The average Bonchev–Trinajstić information content (AvgIpc) is 1.82. The van der Waals surface area contributed by atoms with Crippen molar-refractivity contribution in [2.75, 3.05) is 0 Å². The van der Waals surface area contributed by atoms with Crippen LogP contribution >= 0.6 is 11.6 Å². The van der Waals surface area contributed by atoms with E-state index in [1.54, 1.807) is 0 Å². The van der Waals surface area contributed by atoms with Crippen LogP contribution in [0.25, 0.3) is 0 Å². The van der Waals surface area contributed by atoms with Crippen LogP contribution in [-0.2, 0) is 9.53 Å². The number of carbonyl (C=O) groups excluding carboxylic acids is 1. The number of esters is 1. The molecule has 0 heterocycles. The molecule has 0 saturated heterocycles. The lowest BCUT2D eigenvalue weighted by molar-refractivity contribution is -0.145. The van der Waals surface area contributed by atoms with E-state index in [1.165, 1.54) is 6.92 Å². The lowest BCUT2D eigenvalue weighted by Gasteiger charge is -2.11. The van der Waals surface area contributed by atoms with Crippen LogP contribution < -0.4 is 0 Å². The molecule has 0 saturated carbocycles. The van der Waals surface area contributed by atoms with Gasteiger partial charge in [-0.2, -0.15) is 0 Å². The molecule has 3 heteroatoms. The van der Waals surface area contributed by atoms with Crippen molar-refractivity contribution in [3.8, 4) is 0 Å². The topological polar surface area (TPSA) is 26.3 Å². The molecule has 2 unspecified atom stereocenters. The molecule has 0 fully saturated rings. The fourth-order valence-corrected chi connectivity index (χ4v) is 0.933. The second-order valence-corrected chi connectivity index (χ2v) is 3.52. The van der Waals surface area contributed by atoms with Crippen LogP contribution in [0.1, 0.15) is 33.6 Å². The van der Waals surface area contributed by atoms with Crippen molar-refractivity contribution < 1.29 is 9.53 Å². The van der Waals surface area contributed by atoms with Gasteiger partial charge in [-0.05, 0) is 26.7 Å². The standard InChI is InChI=1S/C8H15ClO2/c1-6(9)4-5-7(2)11-8(3)10/h6-7H,4-5H2,1-3H3. The summed E-state index contributed by atoms with van der Waals surface area (Å²) in [6.07, 6.45) is 1.72. The molecule has 0 rings (SSSR count). The van der Waals surface area contributed by atoms with E-state index in [9.17, 15) is 4.79 Å². The normalized spacial score (nSPS) is 15.6. The van der Waals surface area contributed by atoms with Crippen molar-refractivity contribution in [2.45, 2.75) is 45.1 Å². The number of halogens is 1. The fraction of sp³-hybridized carbons (Fsp3) is 0.875. The predicted octanol–water partition coefficient (Wildman–Crippen LogP) is 2.35. The Morgan fingerprint density at radius 2 is 2.00 bits per heavy atom. The minimum absolute atomic E-state index is 0.00583. The Kier molecular flexibility index (Phi) is 5.30. The molecule has 2 nitrogen and oxygen atoms in total. The highest BCUT2D eigenvalue weighted by Gasteiger charge is 2.06. The van der Waals surface area contributed by atoms with E-state index < -0.39 is 0 Å². The number of hydrogen-bond acceptors (Lipinski definition) is 2. The Labute approximate surface area is 72.9 Å². The van der Waals surface area contributed by atoms with Crippen molar-refractivity contribution in [2.24, 2.45) is 0 Å². The van der Waals surface area contributed by atoms with Gasteiger partial charge in [-0.1, -0.05) is 0 Å². The minimum Gasteiger partial charge on any atom is -0.463 e. The van der Waals surface area contributed by atoms with Crippen LogP contribution in [0.2, 0.25) is 0 Å². The van der Waals surface area contributed by atoms with E-state index in [0.29, 0.717) is 0 Å². The van der Waals surface area contributed by atoms with Crippen LogP contribution in [0.15, 0.2) is 0 Å². The number of alkyl halides is 1. The Morgan fingerprint density at radius 3 is 2.36 bits per heavy atom. The van der Waals surface area contributed by atoms with Gasteiger partial charge in [0.05, 0.1) is 6.10 Å². The van der Waals surface area contributed by atoms with E-state index in [1.807, 2.05) is 13.8 Å². The number of rotatable bonds is 4.